The number of aromatic nitrogens is 1. The maximum absolute atomic E-state index is 9.00. The summed E-state index contributed by atoms with van der Waals surface area (Å²) in [6.45, 7) is 0. The van der Waals surface area contributed by atoms with Gasteiger partial charge in [0.05, 0.1) is 23.4 Å². The molecule has 1 aliphatic carbocycles. The Morgan fingerprint density at radius 2 is 2.41 bits per heavy atom. The summed E-state index contributed by atoms with van der Waals surface area (Å²) in [6, 6.07) is 4.05. The summed E-state index contributed by atoms with van der Waals surface area (Å²) >= 11 is 0. The van der Waals surface area contributed by atoms with Gasteiger partial charge in [0.1, 0.15) is 11.9 Å². The molecule has 3 N–H and O–H groups in total. The number of nitrogens with two attached hydrogens (primary N) is 1. The molecule has 2 rings (SSSR count). The van der Waals surface area contributed by atoms with Gasteiger partial charge in [0, 0.05) is 19.4 Å². The first kappa shape index (κ1) is 11.7. The number of ether oxygens (including phenoxy) is 1. The Morgan fingerprint density at radius 1 is 1.59 bits per heavy atom. The highest BCUT2D eigenvalue weighted by atomic mass is 16.5. The average molecular weight is 232 g/mol. The lowest BCUT2D eigenvalue weighted by molar-refractivity contribution is 0.101. The van der Waals surface area contributed by atoms with Crippen molar-refractivity contribution in [2.45, 2.75) is 31.4 Å². The molecule has 1 unspecified atom stereocenters. The lowest BCUT2D eigenvalue weighted by atomic mass is 10.1. The first-order valence-electron chi connectivity index (χ1n) is 5.69. The Bertz CT molecular complexity index is 441. The van der Waals surface area contributed by atoms with E-state index < -0.39 is 0 Å². The van der Waals surface area contributed by atoms with Crippen molar-refractivity contribution in [2.75, 3.05) is 18.2 Å². The highest BCUT2D eigenvalue weighted by Crippen LogP contribution is 2.26. The van der Waals surface area contributed by atoms with Gasteiger partial charge in [0.15, 0.2) is 0 Å². The van der Waals surface area contributed by atoms with E-state index in [1.54, 1.807) is 13.2 Å². The van der Waals surface area contributed by atoms with Gasteiger partial charge in [-0.15, -0.1) is 0 Å². The molecule has 0 aliphatic heterocycles. The summed E-state index contributed by atoms with van der Waals surface area (Å²) < 4.78 is 5.41. The van der Waals surface area contributed by atoms with Crippen LogP contribution in [-0.4, -0.2) is 24.2 Å². The van der Waals surface area contributed by atoms with Crippen LogP contribution in [0.5, 0.6) is 0 Å². The monoisotopic (exact) mass is 232 g/mol. The number of hydrogen-bond acceptors (Lipinski definition) is 5. The van der Waals surface area contributed by atoms with Gasteiger partial charge >= 0.3 is 0 Å². The second-order valence-electron chi connectivity index (χ2n) is 4.22. The van der Waals surface area contributed by atoms with E-state index in [-0.39, 0.29) is 12.1 Å². The van der Waals surface area contributed by atoms with Gasteiger partial charge in [-0.05, 0) is 19.3 Å². The average Bonchev–Trinajstić information content (AvgIpc) is 2.77. The van der Waals surface area contributed by atoms with Crippen LogP contribution in [0.15, 0.2) is 12.3 Å². The van der Waals surface area contributed by atoms with Gasteiger partial charge in [-0.1, -0.05) is 0 Å². The summed E-state index contributed by atoms with van der Waals surface area (Å²) in [4.78, 5) is 3.91. The van der Waals surface area contributed by atoms with Crippen molar-refractivity contribution in [2.24, 2.45) is 0 Å². The molecule has 5 nitrogen and oxygen atoms in total. The second kappa shape index (κ2) is 5.02. The first-order valence-corrected chi connectivity index (χ1v) is 5.69. The van der Waals surface area contributed by atoms with Crippen molar-refractivity contribution in [3.63, 3.8) is 0 Å². The molecule has 1 heterocycles. The van der Waals surface area contributed by atoms with Crippen LogP contribution in [0.2, 0.25) is 0 Å². The number of pyridine rings is 1. The zero-order valence-electron chi connectivity index (χ0n) is 9.81. The van der Waals surface area contributed by atoms with Crippen LogP contribution in [0.4, 0.5) is 11.5 Å². The topological polar surface area (TPSA) is 84.0 Å². The van der Waals surface area contributed by atoms with Gasteiger partial charge in [0.25, 0.3) is 0 Å². The molecule has 1 aromatic heterocycles. The van der Waals surface area contributed by atoms with Crippen molar-refractivity contribution in [1.29, 1.82) is 5.26 Å². The molecule has 0 radical (unpaired) electrons. The van der Waals surface area contributed by atoms with Gasteiger partial charge in [-0.25, -0.2) is 4.98 Å². The molecule has 0 aromatic carbocycles. The summed E-state index contributed by atoms with van der Waals surface area (Å²) in [5.74, 6) is 0.415. The molecule has 1 aromatic rings. The van der Waals surface area contributed by atoms with Crippen molar-refractivity contribution in [1.82, 2.24) is 4.98 Å². The highest BCUT2D eigenvalue weighted by Gasteiger charge is 2.27. The number of nitrogens with one attached hydrogen (secondary N) is 1. The van der Waals surface area contributed by atoms with E-state index in [1.165, 1.54) is 6.20 Å². The third kappa shape index (κ3) is 2.48. The minimum absolute atomic E-state index is 0.205. The van der Waals surface area contributed by atoms with Gasteiger partial charge in [-0.2, -0.15) is 5.26 Å². The van der Waals surface area contributed by atoms with Crippen molar-refractivity contribution in [3.05, 3.63) is 17.8 Å². The molecule has 2 atom stereocenters. The predicted octanol–water partition coefficient (Wildman–Crippen LogP) is 1.51. The zero-order chi connectivity index (χ0) is 12.3. The van der Waals surface area contributed by atoms with Gasteiger partial charge in [-0.3, -0.25) is 0 Å². The maximum Gasteiger partial charge on any atom is 0.125 e. The third-order valence-corrected chi connectivity index (χ3v) is 3.14. The standard InChI is InChI=1S/C12H16N4O/c1-17-11-4-2-3-9(11)16-10-5-12(14)15-7-8(10)6-13/h5,7,9,11H,2-4H2,1H3,(H3,14,15,16)/t9?,11-/m0/s1. The molecule has 5 heteroatoms. The number of hydrogen-bond donors (Lipinski definition) is 2. The van der Waals surface area contributed by atoms with E-state index in [0.29, 0.717) is 11.4 Å². The van der Waals surface area contributed by atoms with Crippen molar-refractivity contribution >= 4 is 11.5 Å². The molecule has 90 valence electrons. The molecule has 1 aliphatic rings. The minimum Gasteiger partial charge on any atom is -0.384 e. The largest absolute Gasteiger partial charge is 0.384 e. The third-order valence-electron chi connectivity index (χ3n) is 3.14. The van der Waals surface area contributed by atoms with E-state index >= 15 is 0 Å². The Hall–Kier alpha value is -1.80. The summed E-state index contributed by atoms with van der Waals surface area (Å²) in [5, 5.41) is 12.3. The van der Waals surface area contributed by atoms with Crippen LogP contribution in [0.3, 0.4) is 0 Å². The number of anilines is 2. The van der Waals surface area contributed by atoms with Crippen LogP contribution < -0.4 is 11.1 Å². The Morgan fingerprint density at radius 3 is 3.12 bits per heavy atom. The Balaban J connectivity index is 2.18. The fourth-order valence-corrected chi connectivity index (χ4v) is 2.25. The molecule has 1 fully saturated rings. The summed E-state index contributed by atoms with van der Waals surface area (Å²) in [6.07, 6.45) is 4.94. The van der Waals surface area contributed by atoms with E-state index in [1.807, 2.05) is 0 Å². The van der Waals surface area contributed by atoms with Gasteiger partial charge in [0.2, 0.25) is 0 Å². The molecular weight excluding hydrogens is 216 g/mol. The molecule has 0 amide bonds. The molecule has 1 saturated carbocycles. The van der Waals surface area contributed by atoms with Crippen LogP contribution in [0.25, 0.3) is 0 Å². The Labute approximate surface area is 101 Å². The number of nitriles is 1. The summed E-state index contributed by atoms with van der Waals surface area (Å²) in [5.41, 5.74) is 6.89. The lowest BCUT2D eigenvalue weighted by Crippen LogP contribution is -2.30. The minimum atomic E-state index is 0.205. The highest BCUT2D eigenvalue weighted by molar-refractivity contribution is 5.61. The molecule has 0 spiro atoms. The molecule has 0 saturated heterocycles. The fraction of sp³-hybridized carbons (Fsp3) is 0.500. The number of methoxy groups -OCH3 is 1. The zero-order valence-corrected chi connectivity index (χ0v) is 9.81. The molecule has 17 heavy (non-hydrogen) atoms. The van der Waals surface area contributed by atoms with Crippen molar-refractivity contribution in [3.8, 4) is 6.07 Å². The molecule has 0 bridgehead atoms. The van der Waals surface area contributed by atoms with E-state index in [9.17, 15) is 0 Å². The van der Waals surface area contributed by atoms with Crippen LogP contribution >= 0.6 is 0 Å². The first-order chi connectivity index (χ1) is 8.24. The molecular formula is C12H16N4O. The smallest absolute Gasteiger partial charge is 0.125 e. The van der Waals surface area contributed by atoms with E-state index in [4.69, 9.17) is 15.7 Å². The number of nitrogen functional groups attached to an aromatic ring is 1. The fourth-order valence-electron chi connectivity index (χ4n) is 2.25. The number of nitrogens with zero attached hydrogens (tertiary/aromatic N) is 2. The summed E-state index contributed by atoms with van der Waals surface area (Å²) in [7, 11) is 1.72. The second-order valence-corrected chi connectivity index (χ2v) is 4.22. The van der Waals surface area contributed by atoms with Crippen LogP contribution in [-0.2, 0) is 4.74 Å². The SMILES string of the molecule is CO[C@H]1CCCC1Nc1cc(N)ncc1C#N. The maximum atomic E-state index is 9.00. The quantitative estimate of drug-likeness (QED) is 0.825. The predicted molar refractivity (Wildman–Crippen MR) is 65.4 cm³/mol. The Kier molecular flexibility index (Phi) is 3.45. The van der Waals surface area contributed by atoms with Crippen LogP contribution in [0, 0.1) is 11.3 Å². The number of rotatable bonds is 3. The van der Waals surface area contributed by atoms with Gasteiger partial charge < -0.3 is 15.8 Å². The van der Waals surface area contributed by atoms with E-state index in [2.05, 4.69) is 16.4 Å². The normalized spacial score (nSPS) is 23.3. The van der Waals surface area contributed by atoms with Crippen LogP contribution in [0.1, 0.15) is 24.8 Å². The van der Waals surface area contributed by atoms with Crippen molar-refractivity contribution < 1.29 is 4.74 Å². The van der Waals surface area contributed by atoms with E-state index in [0.717, 1.165) is 24.9 Å². The lowest BCUT2D eigenvalue weighted by Gasteiger charge is -2.21.